The van der Waals surface area contributed by atoms with E-state index in [1.54, 1.807) is 12.4 Å². The van der Waals surface area contributed by atoms with E-state index in [-0.39, 0.29) is 43.1 Å². The Kier molecular flexibility index (Phi) is 7.17. The molecule has 11 heteroatoms. The summed E-state index contributed by atoms with van der Waals surface area (Å²) in [6.45, 7) is -2.50. The van der Waals surface area contributed by atoms with Gasteiger partial charge in [-0.1, -0.05) is 0 Å². The van der Waals surface area contributed by atoms with Crippen molar-refractivity contribution in [3.8, 4) is 17.2 Å². The van der Waals surface area contributed by atoms with Gasteiger partial charge >= 0.3 is 6.61 Å². The Morgan fingerprint density at radius 2 is 2.11 bits per heavy atom. The molecule has 0 aliphatic carbocycles. The highest BCUT2D eigenvalue weighted by molar-refractivity contribution is 7.09. The van der Waals surface area contributed by atoms with Gasteiger partial charge in [0.15, 0.2) is 11.5 Å². The van der Waals surface area contributed by atoms with Gasteiger partial charge in [-0.15, -0.1) is 23.7 Å². The Balaban J connectivity index is 0.00000261. The number of rotatable bonds is 7. The molecule has 3 rings (SSSR count). The zero-order valence-corrected chi connectivity index (χ0v) is 15.9. The summed E-state index contributed by atoms with van der Waals surface area (Å²) in [6.07, 6.45) is 0.593. The van der Waals surface area contributed by atoms with Gasteiger partial charge in [0, 0.05) is 37.0 Å². The Hall–Kier alpha value is -2.17. The van der Waals surface area contributed by atoms with Gasteiger partial charge in [0.05, 0.1) is 5.01 Å². The molecule has 0 unspecified atom stereocenters. The maximum Gasteiger partial charge on any atom is 0.387 e. The van der Waals surface area contributed by atoms with Crippen molar-refractivity contribution in [1.29, 1.82) is 0 Å². The second kappa shape index (κ2) is 9.16. The molecule has 0 spiro atoms. The van der Waals surface area contributed by atoms with E-state index in [2.05, 4.69) is 9.72 Å². The number of benzene rings is 1. The third kappa shape index (κ3) is 4.96. The van der Waals surface area contributed by atoms with Crippen LogP contribution in [0.4, 0.5) is 8.78 Å². The molecule has 0 saturated heterocycles. The molecule has 2 heterocycles. The number of amides is 1. The van der Waals surface area contributed by atoms with Crippen LogP contribution in [0.15, 0.2) is 17.5 Å². The van der Waals surface area contributed by atoms with E-state index in [0.717, 1.165) is 5.01 Å². The summed E-state index contributed by atoms with van der Waals surface area (Å²) in [7, 11) is 1.56. The molecule has 0 bridgehead atoms. The average Bonchev–Trinajstić information content (AvgIpc) is 3.23. The fourth-order valence-corrected chi connectivity index (χ4v) is 3.25. The van der Waals surface area contributed by atoms with E-state index in [9.17, 15) is 13.6 Å². The van der Waals surface area contributed by atoms with Crippen molar-refractivity contribution < 1.29 is 27.8 Å². The smallest absolute Gasteiger partial charge is 0.387 e. The van der Waals surface area contributed by atoms with Crippen molar-refractivity contribution in [1.82, 2.24) is 9.88 Å². The maximum absolute atomic E-state index is 12.7. The van der Waals surface area contributed by atoms with Crippen molar-refractivity contribution in [3.05, 3.63) is 33.8 Å². The summed E-state index contributed by atoms with van der Waals surface area (Å²) < 4.78 is 40.4. The van der Waals surface area contributed by atoms with Crippen molar-refractivity contribution >= 4 is 29.7 Å². The first kappa shape index (κ1) is 21.1. The van der Waals surface area contributed by atoms with Crippen LogP contribution in [0.5, 0.6) is 17.2 Å². The van der Waals surface area contributed by atoms with Gasteiger partial charge in [0.2, 0.25) is 6.79 Å². The lowest BCUT2D eigenvalue weighted by Gasteiger charge is -2.19. The lowest BCUT2D eigenvalue weighted by Crippen LogP contribution is -2.27. The van der Waals surface area contributed by atoms with E-state index in [1.165, 1.54) is 28.4 Å². The van der Waals surface area contributed by atoms with Gasteiger partial charge in [-0.3, -0.25) is 4.79 Å². The van der Waals surface area contributed by atoms with Gasteiger partial charge in [0.25, 0.3) is 5.91 Å². The zero-order chi connectivity index (χ0) is 18.7. The highest BCUT2D eigenvalue weighted by Gasteiger charge is 2.23. The van der Waals surface area contributed by atoms with Crippen LogP contribution in [-0.2, 0) is 13.0 Å². The molecule has 0 saturated carbocycles. The minimum atomic E-state index is -2.99. The molecular formula is C16H18ClF2N3O4S. The molecule has 7 nitrogen and oxygen atoms in total. The first-order chi connectivity index (χ1) is 12.5. The highest BCUT2D eigenvalue weighted by atomic mass is 35.5. The number of carbonyl (C=O) groups excluding carboxylic acids is 1. The standard InChI is InChI=1S/C16H17F2N3O4S.ClH/c1-21(15(22)10-7-26-14(20-10)2-3-19)6-9-4-12-13(24-8-23-12)5-11(9)25-16(17)18;/h4-5,7,16H,2-3,6,8,19H2,1H3;1H. The summed E-state index contributed by atoms with van der Waals surface area (Å²) >= 11 is 1.36. The molecule has 1 aromatic carbocycles. The summed E-state index contributed by atoms with van der Waals surface area (Å²) in [5, 5.41) is 2.43. The zero-order valence-electron chi connectivity index (χ0n) is 14.3. The maximum atomic E-state index is 12.7. The fraction of sp³-hybridized carbons (Fsp3) is 0.375. The molecule has 0 radical (unpaired) electrons. The quantitative estimate of drug-likeness (QED) is 0.739. The summed E-state index contributed by atoms with van der Waals surface area (Å²) in [4.78, 5) is 18.1. The third-order valence-corrected chi connectivity index (χ3v) is 4.56. The number of hydrogen-bond donors (Lipinski definition) is 1. The normalized spacial score (nSPS) is 12.0. The van der Waals surface area contributed by atoms with Gasteiger partial charge in [-0.2, -0.15) is 8.78 Å². The number of aromatic nitrogens is 1. The van der Waals surface area contributed by atoms with Gasteiger partial charge < -0.3 is 24.8 Å². The highest BCUT2D eigenvalue weighted by Crippen LogP contribution is 2.39. The number of fused-ring (bicyclic) bond motifs is 1. The number of nitrogens with two attached hydrogens (primary N) is 1. The Bertz CT molecular complexity index is 806. The van der Waals surface area contributed by atoms with Gasteiger partial charge in [-0.25, -0.2) is 4.98 Å². The summed E-state index contributed by atoms with van der Waals surface area (Å²) in [5.74, 6) is 0.349. The second-order valence-corrected chi connectivity index (χ2v) is 6.46. The Morgan fingerprint density at radius 1 is 1.41 bits per heavy atom. The van der Waals surface area contributed by atoms with E-state index in [4.69, 9.17) is 15.2 Å². The van der Waals surface area contributed by atoms with Crippen LogP contribution in [0.25, 0.3) is 0 Å². The molecular weight excluding hydrogens is 404 g/mol. The molecule has 2 aromatic rings. The van der Waals surface area contributed by atoms with Crippen LogP contribution >= 0.6 is 23.7 Å². The second-order valence-electron chi connectivity index (χ2n) is 5.52. The number of nitrogens with zero attached hydrogens (tertiary/aromatic N) is 2. The third-order valence-electron chi connectivity index (χ3n) is 3.66. The van der Waals surface area contributed by atoms with E-state index in [0.29, 0.717) is 30.0 Å². The minimum absolute atomic E-state index is 0. The SMILES string of the molecule is CN(Cc1cc2c(cc1OC(F)F)OCO2)C(=O)c1csc(CCN)n1.Cl. The number of carbonyl (C=O) groups is 1. The Morgan fingerprint density at radius 3 is 2.78 bits per heavy atom. The van der Waals surface area contributed by atoms with Gasteiger partial charge in [0.1, 0.15) is 11.4 Å². The minimum Gasteiger partial charge on any atom is -0.454 e. The number of halogens is 3. The molecule has 1 aliphatic heterocycles. The first-order valence-electron chi connectivity index (χ1n) is 7.75. The summed E-state index contributed by atoms with van der Waals surface area (Å²) in [5.41, 5.74) is 6.15. The molecule has 27 heavy (non-hydrogen) atoms. The van der Waals surface area contributed by atoms with Crippen molar-refractivity contribution in [3.63, 3.8) is 0 Å². The van der Waals surface area contributed by atoms with E-state index < -0.39 is 6.61 Å². The van der Waals surface area contributed by atoms with Crippen molar-refractivity contribution in [2.75, 3.05) is 20.4 Å². The monoisotopic (exact) mass is 421 g/mol. The molecule has 2 N–H and O–H groups in total. The van der Waals surface area contributed by atoms with E-state index >= 15 is 0 Å². The average molecular weight is 422 g/mol. The summed E-state index contributed by atoms with van der Waals surface area (Å²) in [6, 6.07) is 2.87. The number of ether oxygens (including phenoxy) is 3. The van der Waals surface area contributed by atoms with E-state index in [1.807, 2.05) is 0 Å². The predicted molar refractivity (Wildman–Crippen MR) is 97.1 cm³/mol. The van der Waals surface area contributed by atoms with Gasteiger partial charge in [-0.05, 0) is 12.6 Å². The number of alkyl halides is 2. The van der Waals surface area contributed by atoms with Crippen LogP contribution in [0.1, 0.15) is 21.1 Å². The lowest BCUT2D eigenvalue weighted by atomic mass is 10.1. The molecule has 1 aliphatic rings. The first-order valence-corrected chi connectivity index (χ1v) is 8.63. The van der Waals surface area contributed by atoms with Crippen LogP contribution in [-0.4, -0.2) is 42.8 Å². The molecule has 148 valence electrons. The predicted octanol–water partition coefficient (Wildman–Crippen LogP) is 2.67. The number of thiazole rings is 1. The molecule has 0 atom stereocenters. The largest absolute Gasteiger partial charge is 0.454 e. The van der Waals surface area contributed by atoms with Crippen LogP contribution in [0.2, 0.25) is 0 Å². The van der Waals surface area contributed by atoms with Crippen molar-refractivity contribution in [2.24, 2.45) is 5.73 Å². The fourth-order valence-electron chi connectivity index (χ4n) is 2.46. The Labute approximate surface area is 164 Å². The lowest BCUT2D eigenvalue weighted by molar-refractivity contribution is -0.0507. The van der Waals surface area contributed by atoms with Crippen LogP contribution in [0, 0.1) is 0 Å². The molecule has 1 amide bonds. The van der Waals surface area contributed by atoms with Crippen molar-refractivity contribution in [2.45, 2.75) is 19.6 Å². The molecule has 1 aromatic heterocycles. The van der Waals surface area contributed by atoms with Crippen LogP contribution in [0.3, 0.4) is 0 Å². The van der Waals surface area contributed by atoms with Crippen LogP contribution < -0.4 is 19.9 Å². The molecule has 0 fully saturated rings. The number of hydrogen-bond acceptors (Lipinski definition) is 7. The topological polar surface area (TPSA) is 86.9 Å².